The third kappa shape index (κ3) is 5.06. The van der Waals surface area contributed by atoms with E-state index in [-0.39, 0.29) is 29.6 Å². The molecule has 1 aromatic carbocycles. The lowest BCUT2D eigenvalue weighted by atomic mass is 10.1. The van der Waals surface area contributed by atoms with E-state index in [0.29, 0.717) is 17.5 Å². The molecule has 3 aromatic rings. The highest BCUT2D eigenvalue weighted by Gasteiger charge is 2.27. The quantitative estimate of drug-likeness (QED) is 0.629. The summed E-state index contributed by atoms with van der Waals surface area (Å²) in [6, 6.07) is 8.83. The number of likely N-dealkylation sites (N-methyl/N-ethyl adjacent to an activating group) is 1. The summed E-state index contributed by atoms with van der Waals surface area (Å²) in [6.07, 6.45) is 0. The number of halogens is 1. The van der Waals surface area contributed by atoms with Gasteiger partial charge in [0.15, 0.2) is 11.2 Å². The first-order valence-electron chi connectivity index (χ1n) is 10.6. The van der Waals surface area contributed by atoms with E-state index in [2.05, 4.69) is 22.2 Å². The van der Waals surface area contributed by atoms with Gasteiger partial charge in [-0.2, -0.15) is 0 Å². The van der Waals surface area contributed by atoms with Crippen molar-refractivity contribution in [1.29, 1.82) is 0 Å². The molecule has 0 aliphatic carbocycles. The van der Waals surface area contributed by atoms with Crippen LogP contribution < -0.4 is 10.7 Å². The number of piperazine rings is 1. The second-order valence-electron chi connectivity index (χ2n) is 8.45. The fourth-order valence-corrected chi connectivity index (χ4v) is 4.17. The van der Waals surface area contributed by atoms with Crippen LogP contribution in [0.5, 0.6) is 0 Å². The Morgan fingerprint density at radius 3 is 2.44 bits per heavy atom. The Hall–Kier alpha value is -2.61. The SMILES string of the molecule is Cc1cc(C)c2oc(C(=O)NCC(c3ccc(C)o3)N3CCN(C)CC3)cc(=O)c2c1.Cl. The summed E-state index contributed by atoms with van der Waals surface area (Å²) in [5.74, 6) is 1.29. The number of nitrogens with zero attached hydrogens (tertiary/aromatic N) is 2. The number of benzene rings is 1. The van der Waals surface area contributed by atoms with Gasteiger partial charge in [0.25, 0.3) is 5.91 Å². The van der Waals surface area contributed by atoms with Gasteiger partial charge in [0, 0.05) is 38.8 Å². The smallest absolute Gasteiger partial charge is 0.287 e. The van der Waals surface area contributed by atoms with Gasteiger partial charge in [-0.15, -0.1) is 12.4 Å². The Kier molecular flexibility index (Phi) is 7.44. The lowest BCUT2D eigenvalue weighted by molar-refractivity contribution is 0.0830. The van der Waals surface area contributed by atoms with Gasteiger partial charge < -0.3 is 19.1 Å². The number of hydrogen-bond acceptors (Lipinski definition) is 6. The van der Waals surface area contributed by atoms with Crippen molar-refractivity contribution >= 4 is 29.3 Å². The molecule has 2 aromatic heterocycles. The maximum Gasteiger partial charge on any atom is 0.287 e. The van der Waals surface area contributed by atoms with Crippen LogP contribution in [0.3, 0.4) is 0 Å². The molecular formula is C24H30ClN3O4. The lowest BCUT2D eigenvalue weighted by Gasteiger charge is -2.37. The maximum absolute atomic E-state index is 12.9. The molecule has 1 aliphatic rings. The highest BCUT2D eigenvalue weighted by atomic mass is 35.5. The van der Waals surface area contributed by atoms with Crippen LogP contribution in [0.1, 0.15) is 39.2 Å². The Morgan fingerprint density at radius 2 is 1.78 bits per heavy atom. The molecule has 1 aliphatic heterocycles. The van der Waals surface area contributed by atoms with Gasteiger partial charge in [-0.3, -0.25) is 14.5 Å². The highest BCUT2D eigenvalue weighted by molar-refractivity contribution is 5.93. The summed E-state index contributed by atoms with van der Waals surface area (Å²) in [5.41, 5.74) is 2.07. The van der Waals surface area contributed by atoms with Gasteiger partial charge >= 0.3 is 0 Å². The first-order chi connectivity index (χ1) is 14.8. The van der Waals surface area contributed by atoms with Gasteiger partial charge in [-0.05, 0) is 57.1 Å². The van der Waals surface area contributed by atoms with Crippen molar-refractivity contribution in [3.8, 4) is 0 Å². The molecule has 1 saturated heterocycles. The summed E-state index contributed by atoms with van der Waals surface area (Å²) in [7, 11) is 2.11. The maximum atomic E-state index is 12.9. The van der Waals surface area contributed by atoms with E-state index in [9.17, 15) is 9.59 Å². The van der Waals surface area contributed by atoms with Crippen LogP contribution in [0.2, 0.25) is 0 Å². The number of carbonyl (C=O) groups is 1. The molecule has 0 spiro atoms. The van der Waals surface area contributed by atoms with Crippen LogP contribution in [0.4, 0.5) is 0 Å². The minimum atomic E-state index is -0.401. The fourth-order valence-electron chi connectivity index (χ4n) is 4.17. The van der Waals surface area contributed by atoms with E-state index >= 15 is 0 Å². The molecule has 0 saturated carbocycles. The molecule has 3 heterocycles. The van der Waals surface area contributed by atoms with Gasteiger partial charge in [0.05, 0.1) is 11.4 Å². The first-order valence-corrected chi connectivity index (χ1v) is 10.6. The third-order valence-corrected chi connectivity index (χ3v) is 5.91. The van der Waals surface area contributed by atoms with Crippen molar-refractivity contribution in [2.45, 2.75) is 26.8 Å². The summed E-state index contributed by atoms with van der Waals surface area (Å²) in [5, 5.41) is 3.45. The summed E-state index contributed by atoms with van der Waals surface area (Å²) in [6.45, 7) is 9.79. The van der Waals surface area contributed by atoms with Gasteiger partial charge in [0.2, 0.25) is 0 Å². The van der Waals surface area contributed by atoms with Gasteiger partial charge in [0.1, 0.15) is 17.1 Å². The predicted octanol–water partition coefficient (Wildman–Crippen LogP) is 3.45. The Morgan fingerprint density at radius 1 is 1.06 bits per heavy atom. The van der Waals surface area contributed by atoms with Crippen LogP contribution in [0, 0.1) is 20.8 Å². The molecule has 0 radical (unpaired) electrons. The van der Waals surface area contributed by atoms with E-state index in [1.807, 2.05) is 39.0 Å². The zero-order valence-electron chi connectivity index (χ0n) is 18.9. The number of rotatable bonds is 5. The standard InChI is InChI=1S/C24H29N3O4.ClH/c1-15-11-16(2)23-18(12-15)20(28)13-22(31-23)24(29)25-14-19(21-6-5-17(3)30-21)27-9-7-26(4)8-10-27;/h5-6,11-13,19H,7-10,14H2,1-4H3,(H,25,29);1H. The van der Waals surface area contributed by atoms with Crippen LogP contribution >= 0.6 is 12.4 Å². The molecule has 0 bridgehead atoms. The number of fused-ring (bicyclic) bond motifs is 1. The van der Waals surface area contributed by atoms with Crippen LogP contribution in [0.15, 0.2) is 44.0 Å². The van der Waals surface area contributed by atoms with Crippen LogP contribution in [-0.4, -0.2) is 55.5 Å². The number of carbonyl (C=O) groups excluding carboxylic acids is 1. The van der Waals surface area contributed by atoms with Crippen molar-refractivity contribution in [1.82, 2.24) is 15.1 Å². The zero-order valence-corrected chi connectivity index (χ0v) is 19.8. The second-order valence-corrected chi connectivity index (χ2v) is 8.45. The molecular weight excluding hydrogens is 430 g/mol. The van der Waals surface area contributed by atoms with E-state index < -0.39 is 5.91 Å². The number of nitrogens with one attached hydrogen (secondary N) is 1. The normalized spacial score (nSPS) is 16.0. The molecule has 1 unspecified atom stereocenters. The molecule has 172 valence electrons. The minimum absolute atomic E-state index is 0. The largest absolute Gasteiger partial charge is 0.465 e. The number of hydrogen-bond donors (Lipinski definition) is 1. The van der Waals surface area contributed by atoms with Crippen LogP contribution in [-0.2, 0) is 0 Å². The molecule has 8 heteroatoms. The molecule has 4 rings (SSSR count). The third-order valence-electron chi connectivity index (χ3n) is 5.91. The Balaban J connectivity index is 0.00000289. The lowest BCUT2D eigenvalue weighted by Crippen LogP contribution is -2.48. The van der Waals surface area contributed by atoms with Gasteiger partial charge in [-0.1, -0.05) is 6.07 Å². The van der Waals surface area contributed by atoms with Crippen molar-refractivity contribution in [3.05, 3.63) is 69.0 Å². The van der Waals surface area contributed by atoms with Crippen LogP contribution in [0.25, 0.3) is 11.0 Å². The van der Waals surface area contributed by atoms with E-state index in [4.69, 9.17) is 8.83 Å². The average Bonchev–Trinajstić information content (AvgIpc) is 3.16. The summed E-state index contributed by atoms with van der Waals surface area (Å²) >= 11 is 0. The molecule has 1 atom stereocenters. The van der Waals surface area contributed by atoms with Crippen molar-refractivity contribution in [2.75, 3.05) is 39.8 Å². The monoisotopic (exact) mass is 459 g/mol. The average molecular weight is 460 g/mol. The number of amides is 1. The number of aryl methyl sites for hydroxylation is 3. The van der Waals surface area contributed by atoms with E-state index in [0.717, 1.165) is 48.8 Å². The predicted molar refractivity (Wildman–Crippen MR) is 127 cm³/mol. The molecule has 32 heavy (non-hydrogen) atoms. The van der Waals surface area contributed by atoms with Crippen molar-refractivity contribution in [2.24, 2.45) is 0 Å². The molecule has 1 N–H and O–H groups in total. The topological polar surface area (TPSA) is 78.9 Å². The molecule has 1 amide bonds. The van der Waals surface area contributed by atoms with Crippen molar-refractivity contribution in [3.63, 3.8) is 0 Å². The highest BCUT2D eigenvalue weighted by Crippen LogP contribution is 2.24. The Bertz CT molecular complexity index is 1160. The summed E-state index contributed by atoms with van der Waals surface area (Å²) < 4.78 is 11.7. The fraction of sp³-hybridized carbons (Fsp3) is 0.417. The van der Waals surface area contributed by atoms with Gasteiger partial charge in [-0.25, -0.2) is 0 Å². The molecule has 1 fully saturated rings. The molecule has 7 nitrogen and oxygen atoms in total. The Labute approximate surface area is 193 Å². The number of furan rings is 1. The van der Waals surface area contributed by atoms with E-state index in [1.54, 1.807) is 6.07 Å². The second kappa shape index (κ2) is 9.90. The van der Waals surface area contributed by atoms with Crippen molar-refractivity contribution < 1.29 is 13.6 Å². The van der Waals surface area contributed by atoms with E-state index in [1.165, 1.54) is 6.07 Å². The first kappa shape index (κ1) is 24.0. The summed E-state index contributed by atoms with van der Waals surface area (Å²) in [4.78, 5) is 30.1. The minimum Gasteiger partial charge on any atom is -0.465 e. The zero-order chi connectivity index (χ0) is 22.1.